The summed E-state index contributed by atoms with van der Waals surface area (Å²) in [6.07, 6.45) is 0. The Morgan fingerprint density at radius 1 is 0.647 bits per heavy atom. The third-order valence-corrected chi connectivity index (χ3v) is 10.9. The fourth-order valence-corrected chi connectivity index (χ4v) is 7.68. The molecule has 0 spiro atoms. The van der Waals surface area contributed by atoms with Crippen molar-refractivity contribution < 1.29 is 22.3 Å². The van der Waals surface area contributed by atoms with Crippen molar-refractivity contribution >= 4 is 26.6 Å². The molecule has 0 unspecified atom stereocenters. The van der Waals surface area contributed by atoms with Crippen molar-refractivity contribution in [3.63, 3.8) is 0 Å². The molecule has 0 aromatic heterocycles. The summed E-state index contributed by atoms with van der Waals surface area (Å²) < 4.78 is 51.5. The van der Waals surface area contributed by atoms with Crippen LogP contribution in [0.5, 0.6) is 0 Å². The zero-order valence-corrected chi connectivity index (χ0v) is 21.0. The zero-order chi connectivity index (χ0) is 24.3. The van der Waals surface area contributed by atoms with Crippen molar-refractivity contribution in [3.8, 4) is 11.1 Å². The van der Waals surface area contributed by atoms with Crippen LogP contribution in [0.3, 0.4) is 0 Å². The molecular formula is C23H30N4O5S2. The van der Waals surface area contributed by atoms with E-state index in [4.69, 9.17) is 0 Å². The monoisotopic (exact) mass is 506 g/mol. The van der Waals surface area contributed by atoms with Crippen LogP contribution in [-0.4, -0.2) is 108 Å². The third-order valence-electron chi connectivity index (χ3n) is 7.00. The van der Waals surface area contributed by atoms with E-state index in [1.807, 2.05) is 14.1 Å². The van der Waals surface area contributed by atoms with Gasteiger partial charge in [0.1, 0.15) is 0 Å². The number of nitrogens with zero attached hydrogens (tertiary/aromatic N) is 4. The summed E-state index contributed by atoms with van der Waals surface area (Å²) in [5, 5.41) is 0. The number of fused-ring (bicyclic) bond motifs is 3. The first-order valence-electron chi connectivity index (χ1n) is 11.3. The molecule has 2 aromatic rings. The lowest BCUT2D eigenvalue weighted by molar-refractivity contribution is 0.104. The second kappa shape index (κ2) is 8.68. The molecule has 0 bridgehead atoms. The second-order valence-electron chi connectivity index (χ2n) is 9.20. The first-order valence-corrected chi connectivity index (χ1v) is 14.3. The highest BCUT2D eigenvalue weighted by Gasteiger charge is 2.34. The highest BCUT2D eigenvalue weighted by Crippen LogP contribution is 2.53. The van der Waals surface area contributed by atoms with Gasteiger partial charge in [0.2, 0.25) is 10.0 Å². The van der Waals surface area contributed by atoms with Crippen molar-refractivity contribution in [2.45, 2.75) is 9.79 Å². The van der Waals surface area contributed by atoms with Gasteiger partial charge in [0.25, 0.3) is 0 Å². The fraction of sp³-hybridized carbons (Fsp3) is 0.435. The maximum absolute atomic E-state index is 13.3. The first kappa shape index (κ1) is 23.9. The van der Waals surface area contributed by atoms with E-state index >= 15 is 0 Å². The number of benzene rings is 2. The lowest BCUT2D eigenvalue weighted by Gasteiger charge is -2.46. The van der Waals surface area contributed by atoms with E-state index in [9.17, 15) is 22.3 Å². The van der Waals surface area contributed by atoms with E-state index in [1.54, 1.807) is 34.6 Å². The summed E-state index contributed by atoms with van der Waals surface area (Å²) in [7, 11) is -2.97. The molecule has 0 radical (unpaired) electrons. The number of likely N-dealkylation sites (N-methyl/N-ethyl adjacent to an activating group) is 2. The fourth-order valence-electron chi connectivity index (χ4n) is 4.74. The highest BCUT2D eigenvalue weighted by molar-refractivity contribution is 8.22. The molecule has 184 valence electrons. The van der Waals surface area contributed by atoms with Crippen LogP contribution in [0, 0.1) is 0 Å². The summed E-state index contributed by atoms with van der Waals surface area (Å²) in [6, 6.07) is 9.64. The van der Waals surface area contributed by atoms with Crippen molar-refractivity contribution in [1.29, 1.82) is 0 Å². The van der Waals surface area contributed by atoms with Crippen molar-refractivity contribution in [2.24, 2.45) is 0 Å². The van der Waals surface area contributed by atoms with Gasteiger partial charge < -0.3 is 9.80 Å². The van der Waals surface area contributed by atoms with Gasteiger partial charge in [0.15, 0.2) is 5.78 Å². The Morgan fingerprint density at radius 2 is 1.09 bits per heavy atom. The number of carbonyl (C=O) groups excluding carboxylic acids is 1. The van der Waals surface area contributed by atoms with Gasteiger partial charge in [0, 0.05) is 63.5 Å². The average molecular weight is 507 g/mol. The minimum atomic E-state index is -3.70. The predicted molar refractivity (Wildman–Crippen MR) is 132 cm³/mol. The molecule has 1 aliphatic carbocycles. The molecule has 2 aromatic carbocycles. The van der Waals surface area contributed by atoms with E-state index in [0.29, 0.717) is 66.4 Å². The Labute approximate surface area is 202 Å². The maximum Gasteiger partial charge on any atom is 0.243 e. The Hall–Kier alpha value is -1.83. The number of sulfonamides is 1. The number of hydrogen-bond donors (Lipinski definition) is 2. The molecule has 34 heavy (non-hydrogen) atoms. The van der Waals surface area contributed by atoms with Crippen LogP contribution in [0.15, 0.2) is 46.2 Å². The standard InChI is InChI=1S/C23H30N4O5S2/c1-24-7-11-26(12-8-24)33(29,30)17-3-5-19-20-6-4-18(16-22(20)23(28)21(19)15-17)34(31,32)27-13-9-25(2)10-14-27/h3-6,15-16,29-30H,7-14H2,1-2H3. The SMILES string of the molecule is CN1CCN(S(O)(O)c2ccc3c(c2)C(=O)c2cc(S(=O)(=O)N4CCN(C)CC4)ccc2-3)CC1. The molecule has 0 atom stereocenters. The van der Waals surface area contributed by atoms with Crippen LogP contribution >= 0.6 is 10.8 Å². The van der Waals surface area contributed by atoms with Crippen LogP contribution in [0.2, 0.25) is 0 Å². The molecule has 11 heteroatoms. The number of hydrogen-bond acceptors (Lipinski definition) is 8. The zero-order valence-electron chi connectivity index (χ0n) is 19.3. The van der Waals surface area contributed by atoms with Gasteiger partial charge in [-0.25, -0.2) is 8.42 Å². The maximum atomic E-state index is 13.3. The first-order chi connectivity index (χ1) is 16.1. The third kappa shape index (κ3) is 3.99. The molecule has 2 saturated heterocycles. The number of piperazine rings is 2. The van der Waals surface area contributed by atoms with Gasteiger partial charge in [-0.1, -0.05) is 12.1 Å². The molecular weight excluding hydrogens is 476 g/mol. The number of rotatable bonds is 4. The Balaban J connectivity index is 1.44. The van der Waals surface area contributed by atoms with E-state index in [-0.39, 0.29) is 10.7 Å². The molecule has 9 nitrogen and oxygen atoms in total. The van der Waals surface area contributed by atoms with Crippen LogP contribution in [0.4, 0.5) is 0 Å². The van der Waals surface area contributed by atoms with Gasteiger partial charge in [-0.3, -0.25) is 13.9 Å². The topological polar surface area (TPSA) is 105 Å². The van der Waals surface area contributed by atoms with Gasteiger partial charge in [-0.15, -0.1) is 10.8 Å². The van der Waals surface area contributed by atoms with Crippen molar-refractivity contribution in [3.05, 3.63) is 47.5 Å². The average Bonchev–Trinajstić information content (AvgIpc) is 3.11. The van der Waals surface area contributed by atoms with Crippen LogP contribution in [0.1, 0.15) is 15.9 Å². The van der Waals surface area contributed by atoms with Crippen LogP contribution < -0.4 is 0 Å². The Kier molecular flexibility index (Phi) is 6.10. The molecule has 2 fully saturated rings. The minimum Gasteiger partial charge on any atom is -0.304 e. The molecule has 5 rings (SSSR count). The lowest BCUT2D eigenvalue weighted by atomic mass is 10.1. The van der Waals surface area contributed by atoms with Crippen molar-refractivity contribution in [2.75, 3.05) is 66.5 Å². The van der Waals surface area contributed by atoms with E-state index in [2.05, 4.69) is 9.80 Å². The molecule has 3 aliphatic rings. The highest BCUT2D eigenvalue weighted by atomic mass is 32.3. The largest absolute Gasteiger partial charge is 0.304 e. The van der Waals surface area contributed by atoms with E-state index in [1.165, 1.54) is 10.4 Å². The summed E-state index contributed by atoms with van der Waals surface area (Å²) in [4.78, 5) is 17.9. The van der Waals surface area contributed by atoms with Crippen molar-refractivity contribution in [1.82, 2.24) is 18.4 Å². The van der Waals surface area contributed by atoms with Crippen LogP contribution in [-0.2, 0) is 10.0 Å². The molecule has 0 amide bonds. The quantitative estimate of drug-likeness (QED) is 0.555. The summed E-state index contributed by atoms with van der Waals surface area (Å²) in [5.41, 5.74) is 2.05. The van der Waals surface area contributed by atoms with E-state index in [0.717, 1.165) is 13.1 Å². The van der Waals surface area contributed by atoms with Gasteiger partial charge >= 0.3 is 0 Å². The molecule has 2 aliphatic heterocycles. The molecule has 0 saturated carbocycles. The van der Waals surface area contributed by atoms with Gasteiger partial charge in [0.05, 0.1) is 9.79 Å². The minimum absolute atomic E-state index is 0.110. The lowest BCUT2D eigenvalue weighted by Crippen LogP contribution is -2.47. The Bertz CT molecular complexity index is 1230. The summed E-state index contributed by atoms with van der Waals surface area (Å²) in [6.45, 7) is 4.67. The summed E-state index contributed by atoms with van der Waals surface area (Å²) >= 11 is 0. The Morgan fingerprint density at radius 3 is 1.62 bits per heavy atom. The molecule has 2 heterocycles. The van der Waals surface area contributed by atoms with Gasteiger partial charge in [-0.05, 0) is 49.5 Å². The van der Waals surface area contributed by atoms with Crippen LogP contribution in [0.25, 0.3) is 11.1 Å². The smallest absolute Gasteiger partial charge is 0.243 e. The molecule has 2 N–H and O–H groups in total. The number of carbonyl (C=O) groups is 1. The number of ketones is 1. The second-order valence-corrected chi connectivity index (χ2v) is 13.2. The van der Waals surface area contributed by atoms with E-state index < -0.39 is 20.8 Å². The summed E-state index contributed by atoms with van der Waals surface area (Å²) in [5.74, 6) is -0.296. The van der Waals surface area contributed by atoms with Gasteiger partial charge in [-0.2, -0.15) is 8.61 Å². The predicted octanol–water partition coefficient (Wildman–Crippen LogP) is 2.11. The normalized spacial score (nSPS) is 21.5.